The number of halogens is 2. The second kappa shape index (κ2) is 8.56. The molecule has 0 aliphatic rings. The maximum absolute atomic E-state index is 13.7. The van der Waals surface area contributed by atoms with Crippen LogP contribution in [0.2, 0.25) is 0 Å². The lowest BCUT2D eigenvalue weighted by atomic mass is 10.1. The van der Waals surface area contributed by atoms with Gasteiger partial charge in [-0.15, -0.1) is 0 Å². The number of rotatable bonds is 6. The van der Waals surface area contributed by atoms with E-state index >= 15 is 0 Å². The summed E-state index contributed by atoms with van der Waals surface area (Å²) in [7, 11) is 0. The van der Waals surface area contributed by atoms with Crippen molar-refractivity contribution in [2.45, 2.75) is 47.1 Å². The van der Waals surface area contributed by atoms with Gasteiger partial charge >= 0.3 is 0 Å². The van der Waals surface area contributed by atoms with Crippen LogP contribution in [0.5, 0.6) is 0 Å². The molecule has 3 rings (SSSR count). The predicted octanol–water partition coefficient (Wildman–Crippen LogP) is 2.72. The van der Waals surface area contributed by atoms with Gasteiger partial charge in [-0.2, -0.15) is 5.10 Å². The highest BCUT2D eigenvalue weighted by molar-refractivity contribution is 5.76. The third-order valence-electron chi connectivity index (χ3n) is 5.15. The molecule has 1 amide bonds. The molecule has 0 aliphatic carbocycles. The SMILES string of the molecule is Cc1nn(-c2nc(C)c(C)c(=O)[nH]2)c(C)c1CCC(=O)NCc1c(F)cccc1F. The Bertz CT molecular complexity index is 1150. The number of H-pyrrole nitrogens is 1. The molecule has 1 aromatic carbocycles. The van der Waals surface area contributed by atoms with Gasteiger partial charge in [-0.1, -0.05) is 6.07 Å². The first-order chi connectivity index (χ1) is 14.2. The van der Waals surface area contributed by atoms with Gasteiger partial charge in [0.15, 0.2) is 0 Å². The Morgan fingerprint density at radius 3 is 2.40 bits per heavy atom. The largest absolute Gasteiger partial charge is 0.352 e. The van der Waals surface area contributed by atoms with E-state index in [1.54, 1.807) is 18.5 Å². The van der Waals surface area contributed by atoms with Gasteiger partial charge in [-0.3, -0.25) is 14.6 Å². The fraction of sp³-hybridized carbons (Fsp3) is 0.333. The summed E-state index contributed by atoms with van der Waals surface area (Å²) in [6.45, 7) is 6.87. The van der Waals surface area contributed by atoms with Crippen molar-refractivity contribution in [2.75, 3.05) is 0 Å². The van der Waals surface area contributed by atoms with Crippen molar-refractivity contribution in [3.63, 3.8) is 0 Å². The first kappa shape index (κ1) is 21.4. The first-order valence-corrected chi connectivity index (χ1v) is 9.51. The van der Waals surface area contributed by atoms with Crippen LogP contribution in [0, 0.1) is 39.3 Å². The standard InChI is InChI=1S/C21H23F2N5O2/c1-11-12(2)25-21(26-20(11)30)28-14(4)15(13(3)27-28)8-9-19(29)24-10-16-17(22)6-5-7-18(16)23/h5-7H,8-10H2,1-4H3,(H,24,29)(H,25,26,30). The molecule has 0 saturated carbocycles. The highest BCUT2D eigenvalue weighted by Gasteiger charge is 2.17. The van der Waals surface area contributed by atoms with E-state index < -0.39 is 11.6 Å². The zero-order valence-corrected chi connectivity index (χ0v) is 17.3. The summed E-state index contributed by atoms with van der Waals surface area (Å²) in [5, 5.41) is 6.98. The van der Waals surface area contributed by atoms with E-state index in [2.05, 4.69) is 20.4 Å². The van der Waals surface area contributed by atoms with Crippen LogP contribution in [0.3, 0.4) is 0 Å². The number of aryl methyl sites for hydroxylation is 2. The van der Waals surface area contributed by atoms with Gasteiger partial charge < -0.3 is 5.32 Å². The van der Waals surface area contributed by atoms with Crippen LogP contribution in [0.15, 0.2) is 23.0 Å². The average Bonchev–Trinajstić information content (AvgIpc) is 2.97. The number of hydrogen-bond acceptors (Lipinski definition) is 4. The number of carbonyl (C=O) groups excluding carboxylic acids is 1. The Balaban J connectivity index is 1.71. The molecule has 0 atom stereocenters. The molecule has 0 fully saturated rings. The predicted molar refractivity (Wildman–Crippen MR) is 107 cm³/mol. The van der Waals surface area contributed by atoms with Crippen molar-refractivity contribution in [3.05, 3.63) is 74.0 Å². The molecular weight excluding hydrogens is 392 g/mol. The highest BCUT2D eigenvalue weighted by atomic mass is 19.1. The highest BCUT2D eigenvalue weighted by Crippen LogP contribution is 2.18. The minimum Gasteiger partial charge on any atom is -0.352 e. The maximum atomic E-state index is 13.7. The molecule has 0 bridgehead atoms. The van der Waals surface area contributed by atoms with Gasteiger partial charge in [0.05, 0.1) is 5.69 Å². The minimum atomic E-state index is -0.696. The average molecular weight is 415 g/mol. The van der Waals surface area contributed by atoms with Crippen molar-refractivity contribution in [3.8, 4) is 5.95 Å². The van der Waals surface area contributed by atoms with E-state index in [1.165, 1.54) is 6.07 Å². The van der Waals surface area contributed by atoms with Crippen LogP contribution in [0.1, 0.15) is 40.2 Å². The molecule has 0 spiro atoms. The molecular formula is C21H23F2N5O2. The summed E-state index contributed by atoms with van der Waals surface area (Å²) in [5.41, 5.74) is 3.07. The number of aromatic nitrogens is 4. The molecule has 0 radical (unpaired) electrons. The third-order valence-corrected chi connectivity index (χ3v) is 5.15. The smallest absolute Gasteiger partial charge is 0.255 e. The fourth-order valence-corrected chi connectivity index (χ4v) is 3.19. The monoisotopic (exact) mass is 415 g/mol. The van der Waals surface area contributed by atoms with Crippen LogP contribution in [-0.2, 0) is 17.8 Å². The molecule has 0 unspecified atom stereocenters. The van der Waals surface area contributed by atoms with E-state index in [0.29, 0.717) is 29.3 Å². The Kier molecular flexibility index (Phi) is 6.09. The van der Waals surface area contributed by atoms with Crippen LogP contribution in [0.25, 0.3) is 5.95 Å². The maximum Gasteiger partial charge on any atom is 0.255 e. The number of nitrogens with one attached hydrogen (secondary N) is 2. The molecule has 0 aliphatic heterocycles. The summed E-state index contributed by atoms with van der Waals surface area (Å²) >= 11 is 0. The van der Waals surface area contributed by atoms with Gasteiger partial charge in [0.1, 0.15) is 11.6 Å². The number of benzene rings is 1. The summed E-state index contributed by atoms with van der Waals surface area (Å²) in [6, 6.07) is 3.57. The van der Waals surface area contributed by atoms with Crippen molar-refractivity contribution < 1.29 is 13.6 Å². The topological polar surface area (TPSA) is 92.7 Å². The summed E-state index contributed by atoms with van der Waals surface area (Å²) in [4.78, 5) is 31.3. The Labute approximate surface area is 172 Å². The molecule has 9 heteroatoms. The summed E-state index contributed by atoms with van der Waals surface area (Å²) in [6.07, 6.45) is 0.513. The molecule has 2 heterocycles. The number of amides is 1. The second-order valence-corrected chi connectivity index (χ2v) is 7.14. The Hall–Kier alpha value is -3.36. The number of nitrogens with zero attached hydrogens (tertiary/aromatic N) is 3. The van der Waals surface area contributed by atoms with Gasteiger partial charge in [-0.25, -0.2) is 18.4 Å². The molecule has 158 valence electrons. The van der Waals surface area contributed by atoms with Crippen molar-refractivity contribution in [1.82, 2.24) is 25.1 Å². The van der Waals surface area contributed by atoms with Gasteiger partial charge in [-0.05, 0) is 51.8 Å². The van der Waals surface area contributed by atoms with Gasteiger partial charge in [0.2, 0.25) is 11.9 Å². The summed E-state index contributed by atoms with van der Waals surface area (Å²) < 4.78 is 28.9. The van der Waals surface area contributed by atoms with E-state index in [-0.39, 0.29) is 30.0 Å². The number of carbonyl (C=O) groups is 1. The molecule has 0 saturated heterocycles. The van der Waals surface area contributed by atoms with Crippen molar-refractivity contribution in [1.29, 1.82) is 0 Å². The van der Waals surface area contributed by atoms with Crippen molar-refractivity contribution >= 4 is 5.91 Å². The van der Waals surface area contributed by atoms with Crippen LogP contribution < -0.4 is 10.9 Å². The first-order valence-electron chi connectivity index (χ1n) is 9.51. The van der Waals surface area contributed by atoms with Crippen LogP contribution in [-0.4, -0.2) is 25.7 Å². The molecule has 7 nitrogen and oxygen atoms in total. The number of aromatic amines is 1. The van der Waals surface area contributed by atoms with E-state index in [0.717, 1.165) is 23.4 Å². The normalized spacial score (nSPS) is 11.0. The zero-order valence-electron chi connectivity index (χ0n) is 17.3. The second-order valence-electron chi connectivity index (χ2n) is 7.14. The molecule has 30 heavy (non-hydrogen) atoms. The molecule has 2 aromatic heterocycles. The lowest BCUT2D eigenvalue weighted by molar-refractivity contribution is -0.121. The van der Waals surface area contributed by atoms with E-state index in [1.807, 2.05) is 13.8 Å². The van der Waals surface area contributed by atoms with Gasteiger partial charge in [0, 0.05) is 35.5 Å². The van der Waals surface area contributed by atoms with Gasteiger partial charge in [0.25, 0.3) is 5.56 Å². The fourth-order valence-electron chi connectivity index (χ4n) is 3.19. The van der Waals surface area contributed by atoms with Crippen LogP contribution >= 0.6 is 0 Å². The third kappa shape index (κ3) is 4.29. The molecule has 3 aromatic rings. The summed E-state index contributed by atoms with van der Waals surface area (Å²) in [5.74, 6) is -1.41. The van der Waals surface area contributed by atoms with E-state index in [4.69, 9.17) is 0 Å². The van der Waals surface area contributed by atoms with Crippen molar-refractivity contribution in [2.24, 2.45) is 0 Å². The lowest BCUT2D eigenvalue weighted by Crippen LogP contribution is -2.24. The Morgan fingerprint density at radius 2 is 1.77 bits per heavy atom. The number of hydrogen-bond donors (Lipinski definition) is 2. The molecule has 2 N–H and O–H groups in total. The van der Waals surface area contributed by atoms with Crippen LogP contribution in [0.4, 0.5) is 8.78 Å². The zero-order chi connectivity index (χ0) is 22.0. The quantitative estimate of drug-likeness (QED) is 0.648. The lowest BCUT2D eigenvalue weighted by Gasteiger charge is -2.08. The van der Waals surface area contributed by atoms with E-state index in [9.17, 15) is 18.4 Å². The minimum absolute atomic E-state index is 0.125. The Morgan fingerprint density at radius 1 is 1.10 bits per heavy atom.